The van der Waals surface area contributed by atoms with Crippen molar-refractivity contribution in [2.24, 2.45) is 0 Å². The molecule has 0 aliphatic rings. The summed E-state index contributed by atoms with van der Waals surface area (Å²) < 4.78 is 32.9. The van der Waals surface area contributed by atoms with E-state index >= 15 is 0 Å². The number of rotatable bonds is 6. The number of hydrogen-bond donors (Lipinski definition) is 1. The molecule has 0 bridgehead atoms. The summed E-state index contributed by atoms with van der Waals surface area (Å²) in [6.07, 6.45) is 3.25. The molecule has 0 saturated heterocycles. The minimum absolute atomic E-state index is 0.165. The molecule has 1 N–H and O–H groups in total. The Morgan fingerprint density at radius 3 is 2.57 bits per heavy atom. The Morgan fingerprint density at radius 1 is 1.19 bits per heavy atom. The minimum atomic E-state index is -3.63. The first kappa shape index (κ1) is 15.5. The standard InChI is InChI=1S/C15H18N2O3S/c1-3-20-14-5-4-12(2)10-15(14)21(18,19)17-11-13-6-8-16-9-7-13/h4-10,17H,3,11H2,1-2H3. The number of aromatic nitrogens is 1. The van der Waals surface area contributed by atoms with Gasteiger partial charge in [-0.1, -0.05) is 6.07 Å². The first-order valence-electron chi connectivity index (χ1n) is 6.65. The topological polar surface area (TPSA) is 68.3 Å². The van der Waals surface area contributed by atoms with Gasteiger partial charge in [0.05, 0.1) is 6.61 Å². The van der Waals surface area contributed by atoms with Gasteiger partial charge in [0.25, 0.3) is 0 Å². The van der Waals surface area contributed by atoms with E-state index in [9.17, 15) is 8.42 Å². The van der Waals surface area contributed by atoms with Crippen LogP contribution in [-0.4, -0.2) is 20.0 Å². The van der Waals surface area contributed by atoms with Crippen LogP contribution in [0.15, 0.2) is 47.6 Å². The zero-order valence-corrected chi connectivity index (χ0v) is 12.9. The maximum absolute atomic E-state index is 12.4. The van der Waals surface area contributed by atoms with Gasteiger partial charge in [-0.3, -0.25) is 4.98 Å². The molecule has 0 atom stereocenters. The van der Waals surface area contributed by atoms with E-state index in [0.717, 1.165) is 11.1 Å². The van der Waals surface area contributed by atoms with Gasteiger partial charge in [0.1, 0.15) is 10.6 Å². The highest BCUT2D eigenvalue weighted by molar-refractivity contribution is 7.89. The molecule has 0 fully saturated rings. The number of nitrogens with one attached hydrogen (secondary N) is 1. The van der Waals surface area contributed by atoms with Gasteiger partial charge in [-0.15, -0.1) is 0 Å². The fourth-order valence-corrected chi connectivity index (χ4v) is 3.10. The minimum Gasteiger partial charge on any atom is -0.492 e. The van der Waals surface area contributed by atoms with Crippen molar-refractivity contribution in [1.29, 1.82) is 0 Å². The molecular formula is C15H18N2O3S. The Balaban J connectivity index is 2.24. The van der Waals surface area contributed by atoms with Crippen LogP contribution in [0.3, 0.4) is 0 Å². The van der Waals surface area contributed by atoms with Crippen LogP contribution in [-0.2, 0) is 16.6 Å². The summed E-state index contributed by atoms with van der Waals surface area (Å²) in [5.74, 6) is 0.366. The van der Waals surface area contributed by atoms with Crippen molar-refractivity contribution in [2.45, 2.75) is 25.3 Å². The Labute approximate surface area is 125 Å². The van der Waals surface area contributed by atoms with Gasteiger partial charge in [-0.25, -0.2) is 13.1 Å². The number of sulfonamides is 1. The van der Waals surface area contributed by atoms with Crippen molar-refractivity contribution in [3.05, 3.63) is 53.9 Å². The molecule has 1 aromatic heterocycles. The average molecular weight is 306 g/mol. The van der Waals surface area contributed by atoms with Crippen LogP contribution in [0.2, 0.25) is 0 Å². The van der Waals surface area contributed by atoms with Crippen LogP contribution in [0, 0.1) is 6.92 Å². The van der Waals surface area contributed by atoms with E-state index in [1.165, 1.54) is 0 Å². The number of nitrogens with zero attached hydrogens (tertiary/aromatic N) is 1. The summed E-state index contributed by atoms with van der Waals surface area (Å²) in [6.45, 7) is 4.29. The summed E-state index contributed by atoms with van der Waals surface area (Å²) in [6, 6.07) is 8.65. The van der Waals surface area contributed by atoms with E-state index in [4.69, 9.17) is 4.74 Å². The molecule has 2 aromatic rings. The van der Waals surface area contributed by atoms with Gasteiger partial charge in [-0.05, 0) is 49.2 Å². The smallest absolute Gasteiger partial charge is 0.244 e. The second-order valence-corrected chi connectivity index (χ2v) is 6.30. The van der Waals surface area contributed by atoms with Crippen LogP contribution in [0.4, 0.5) is 0 Å². The van der Waals surface area contributed by atoms with Crippen molar-refractivity contribution < 1.29 is 13.2 Å². The summed E-state index contributed by atoms with van der Waals surface area (Å²) in [7, 11) is -3.63. The van der Waals surface area contributed by atoms with E-state index in [0.29, 0.717) is 12.4 Å². The second kappa shape index (κ2) is 6.69. The third-order valence-corrected chi connectivity index (χ3v) is 4.33. The highest BCUT2D eigenvalue weighted by atomic mass is 32.2. The monoisotopic (exact) mass is 306 g/mol. The van der Waals surface area contributed by atoms with Crippen LogP contribution in [0.25, 0.3) is 0 Å². The van der Waals surface area contributed by atoms with Gasteiger partial charge in [0.2, 0.25) is 10.0 Å². The zero-order valence-electron chi connectivity index (χ0n) is 12.0. The molecule has 0 amide bonds. The maximum Gasteiger partial charge on any atom is 0.244 e. The molecule has 2 rings (SSSR count). The van der Waals surface area contributed by atoms with Crippen LogP contribution in [0.5, 0.6) is 5.75 Å². The van der Waals surface area contributed by atoms with Crippen LogP contribution < -0.4 is 9.46 Å². The van der Waals surface area contributed by atoms with Crippen molar-refractivity contribution in [1.82, 2.24) is 9.71 Å². The number of pyridine rings is 1. The second-order valence-electron chi connectivity index (χ2n) is 4.56. The molecule has 0 saturated carbocycles. The van der Waals surface area contributed by atoms with Gasteiger partial charge < -0.3 is 4.74 Å². The first-order chi connectivity index (χ1) is 10.0. The summed E-state index contributed by atoms with van der Waals surface area (Å²) in [5.41, 5.74) is 1.71. The Kier molecular flexibility index (Phi) is 4.93. The normalized spacial score (nSPS) is 11.3. The predicted octanol–water partition coefficient (Wildman–Crippen LogP) is 2.27. The largest absolute Gasteiger partial charge is 0.492 e. The number of benzene rings is 1. The van der Waals surface area contributed by atoms with Crippen molar-refractivity contribution in [3.63, 3.8) is 0 Å². The molecule has 0 radical (unpaired) electrons. The molecule has 1 aromatic carbocycles. The quantitative estimate of drug-likeness (QED) is 0.889. The van der Waals surface area contributed by atoms with Crippen molar-refractivity contribution in [3.8, 4) is 5.75 Å². The fraction of sp³-hybridized carbons (Fsp3) is 0.267. The third kappa shape index (κ3) is 4.03. The summed E-state index contributed by atoms with van der Waals surface area (Å²) in [4.78, 5) is 4.07. The zero-order chi connectivity index (χ0) is 15.3. The summed E-state index contributed by atoms with van der Waals surface area (Å²) in [5, 5.41) is 0. The molecule has 112 valence electrons. The van der Waals surface area contributed by atoms with Crippen molar-refractivity contribution in [2.75, 3.05) is 6.61 Å². The van der Waals surface area contributed by atoms with E-state index in [-0.39, 0.29) is 11.4 Å². The van der Waals surface area contributed by atoms with Gasteiger partial charge >= 0.3 is 0 Å². The highest BCUT2D eigenvalue weighted by Gasteiger charge is 2.19. The molecule has 5 nitrogen and oxygen atoms in total. The molecule has 0 unspecified atom stereocenters. The first-order valence-corrected chi connectivity index (χ1v) is 8.13. The van der Waals surface area contributed by atoms with E-state index in [2.05, 4.69) is 9.71 Å². The van der Waals surface area contributed by atoms with Gasteiger partial charge in [0, 0.05) is 18.9 Å². The van der Waals surface area contributed by atoms with Crippen molar-refractivity contribution >= 4 is 10.0 Å². The van der Waals surface area contributed by atoms with Crippen LogP contribution >= 0.6 is 0 Å². The molecular weight excluding hydrogens is 288 g/mol. The molecule has 1 heterocycles. The fourth-order valence-electron chi connectivity index (χ4n) is 1.86. The molecule has 6 heteroatoms. The number of hydrogen-bond acceptors (Lipinski definition) is 4. The number of ether oxygens (including phenoxy) is 1. The van der Waals surface area contributed by atoms with E-state index in [1.54, 1.807) is 36.7 Å². The number of aryl methyl sites for hydroxylation is 1. The van der Waals surface area contributed by atoms with Crippen LogP contribution in [0.1, 0.15) is 18.1 Å². The lowest BCUT2D eigenvalue weighted by atomic mass is 10.2. The SMILES string of the molecule is CCOc1ccc(C)cc1S(=O)(=O)NCc1ccncc1. The van der Waals surface area contributed by atoms with Gasteiger partial charge in [0.15, 0.2) is 0 Å². The molecule has 0 spiro atoms. The lowest BCUT2D eigenvalue weighted by Crippen LogP contribution is -2.24. The van der Waals surface area contributed by atoms with E-state index < -0.39 is 10.0 Å². The maximum atomic E-state index is 12.4. The summed E-state index contributed by atoms with van der Waals surface area (Å²) >= 11 is 0. The highest BCUT2D eigenvalue weighted by Crippen LogP contribution is 2.25. The Hall–Kier alpha value is -1.92. The van der Waals surface area contributed by atoms with E-state index in [1.807, 2.05) is 19.9 Å². The van der Waals surface area contributed by atoms with Gasteiger partial charge in [-0.2, -0.15) is 0 Å². The lowest BCUT2D eigenvalue weighted by molar-refractivity contribution is 0.331. The Morgan fingerprint density at radius 2 is 1.90 bits per heavy atom. The lowest BCUT2D eigenvalue weighted by Gasteiger charge is -2.12. The Bertz CT molecular complexity index is 700. The molecule has 0 aliphatic heterocycles. The third-order valence-electron chi connectivity index (χ3n) is 2.90. The molecule has 21 heavy (non-hydrogen) atoms. The predicted molar refractivity (Wildman–Crippen MR) is 80.6 cm³/mol. The molecule has 0 aliphatic carbocycles. The average Bonchev–Trinajstić information content (AvgIpc) is 2.48.